The van der Waals surface area contributed by atoms with Crippen molar-refractivity contribution in [2.75, 3.05) is 23.3 Å². The molecule has 9 heteroatoms. The molecule has 0 aromatic heterocycles. The van der Waals surface area contributed by atoms with Crippen molar-refractivity contribution in [1.82, 2.24) is 10.6 Å². The van der Waals surface area contributed by atoms with Crippen molar-refractivity contribution in [3.8, 4) is 0 Å². The predicted octanol–water partition coefficient (Wildman–Crippen LogP) is 3.12. The topological polar surface area (TPSA) is 108 Å². The maximum absolute atomic E-state index is 12.8. The number of carbonyl (C=O) groups is 4. The maximum atomic E-state index is 12.8. The van der Waals surface area contributed by atoms with Crippen LogP contribution in [0.1, 0.15) is 43.0 Å². The third kappa shape index (κ3) is 7.32. The van der Waals surface area contributed by atoms with Crippen LogP contribution in [0, 0.1) is 0 Å². The highest BCUT2D eigenvalue weighted by Gasteiger charge is 2.21. The van der Waals surface area contributed by atoms with Gasteiger partial charge >= 0.3 is 0 Å². The molecule has 0 radical (unpaired) electrons. The molecule has 1 unspecified atom stereocenters. The fourth-order valence-corrected chi connectivity index (χ4v) is 3.68. The van der Waals surface area contributed by atoms with Crippen molar-refractivity contribution < 1.29 is 19.2 Å². The number of amides is 4. The lowest BCUT2D eigenvalue weighted by Gasteiger charge is -2.27. The van der Waals surface area contributed by atoms with Crippen molar-refractivity contribution in [1.29, 1.82) is 0 Å². The van der Waals surface area contributed by atoms with Crippen LogP contribution in [0.2, 0.25) is 5.02 Å². The lowest BCUT2D eigenvalue weighted by Crippen LogP contribution is -2.45. The van der Waals surface area contributed by atoms with Gasteiger partial charge in [-0.2, -0.15) is 0 Å². The normalized spacial score (nSPS) is 14.4. The van der Waals surface area contributed by atoms with Crippen LogP contribution in [-0.2, 0) is 14.4 Å². The Balaban J connectivity index is 1.62. The van der Waals surface area contributed by atoms with Gasteiger partial charge in [-0.15, -0.1) is 0 Å². The van der Waals surface area contributed by atoms with E-state index in [2.05, 4.69) is 16.0 Å². The summed E-state index contributed by atoms with van der Waals surface area (Å²) in [5.41, 5.74) is 1.74. The summed E-state index contributed by atoms with van der Waals surface area (Å²) in [6, 6.07) is 12.8. The Bertz CT molecular complexity index is 1010. The van der Waals surface area contributed by atoms with Crippen LogP contribution >= 0.6 is 11.6 Å². The second-order valence-electron chi connectivity index (χ2n) is 7.92. The highest BCUT2D eigenvalue weighted by atomic mass is 35.5. The quantitative estimate of drug-likeness (QED) is 0.550. The van der Waals surface area contributed by atoms with Crippen LogP contribution < -0.4 is 20.9 Å². The molecule has 1 aliphatic rings. The first-order valence-electron chi connectivity index (χ1n) is 10.8. The van der Waals surface area contributed by atoms with Crippen LogP contribution in [0.4, 0.5) is 11.4 Å². The minimum atomic E-state index is -0.614. The smallest absolute Gasteiger partial charge is 0.251 e. The molecule has 1 aliphatic heterocycles. The van der Waals surface area contributed by atoms with E-state index >= 15 is 0 Å². The van der Waals surface area contributed by atoms with Gasteiger partial charge in [-0.05, 0) is 61.4 Å². The highest BCUT2D eigenvalue weighted by Crippen LogP contribution is 2.21. The van der Waals surface area contributed by atoms with E-state index in [1.165, 1.54) is 6.92 Å². The zero-order chi connectivity index (χ0) is 23.8. The van der Waals surface area contributed by atoms with Gasteiger partial charge in [0.05, 0.1) is 6.04 Å². The number of nitrogens with one attached hydrogen (secondary N) is 3. The number of benzene rings is 2. The molecule has 2 aromatic rings. The van der Waals surface area contributed by atoms with E-state index in [0.29, 0.717) is 29.2 Å². The van der Waals surface area contributed by atoms with Crippen LogP contribution in [0.3, 0.4) is 0 Å². The molecule has 33 heavy (non-hydrogen) atoms. The summed E-state index contributed by atoms with van der Waals surface area (Å²) in [6.45, 7) is 2.15. The summed E-state index contributed by atoms with van der Waals surface area (Å²) >= 11 is 5.86. The zero-order valence-corrected chi connectivity index (χ0v) is 19.2. The van der Waals surface area contributed by atoms with Crippen LogP contribution in [-0.4, -0.2) is 42.8 Å². The van der Waals surface area contributed by atoms with E-state index in [0.717, 1.165) is 18.5 Å². The van der Waals surface area contributed by atoms with Crippen LogP contribution in [0.25, 0.3) is 0 Å². The Labute approximate surface area is 197 Å². The van der Waals surface area contributed by atoms with Gasteiger partial charge in [0.25, 0.3) is 5.91 Å². The summed E-state index contributed by atoms with van der Waals surface area (Å²) in [7, 11) is 0. The molecule has 0 bridgehead atoms. The Morgan fingerprint density at radius 1 is 1.03 bits per heavy atom. The van der Waals surface area contributed by atoms with Gasteiger partial charge in [0.15, 0.2) is 0 Å². The van der Waals surface area contributed by atoms with Gasteiger partial charge in [0, 0.05) is 54.8 Å². The van der Waals surface area contributed by atoms with Gasteiger partial charge in [0.1, 0.15) is 0 Å². The van der Waals surface area contributed by atoms with Crippen molar-refractivity contribution >= 4 is 46.6 Å². The first-order valence-corrected chi connectivity index (χ1v) is 11.2. The average molecular weight is 471 g/mol. The number of halogens is 1. The highest BCUT2D eigenvalue weighted by molar-refractivity contribution is 6.30. The summed E-state index contributed by atoms with van der Waals surface area (Å²) in [5, 5.41) is 8.75. The van der Waals surface area contributed by atoms with Gasteiger partial charge in [-0.1, -0.05) is 11.6 Å². The average Bonchev–Trinajstić information content (AvgIpc) is 2.79. The number of carbonyl (C=O) groups excluding carboxylic acids is 4. The van der Waals surface area contributed by atoms with Crippen molar-refractivity contribution in [2.24, 2.45) is 0 Å². The first kappa shape index (κ1) is 24.3. The molecule has 2 aromatic carbocycles. The molecule has 1 heterocycles. The number of piperidine rings is 1. The molecule has 1 saturated heterocycles. The lowest BCUT2D eigenvalue weighted by atomic mass is 10.1. The van der Waals surface area contributed by atoms with E-state index in [-0.39, 0.29) is 36.6 Å². The fraction of sp³-hybridized carbons (Fsp3) is 0.333. The maximum Gasteiger partial charge on any atom is 0.251 e. The molecule has 0 aliphatic carbocycles. The Morgan fingerprint density at radius 3 is 2.36 bits per heavy atom. The molecule has 1 fully saturated rings. The Morgan fingerprint density at radius 2 is 1.73 bits per heavy atom. The molecule has 1 atom stereocenters. The van der Waals surface area contributed by atoms with Crippen molar-refractivity contribution in [2.45, 2.75) is 38.6 Å². The molecule has 4 amide bonds. The molecule has 3 rings (SSSR count). The molecule has 0 saturated carbocycles. The number of nitrogens with zero attached hydrogens (tertiary/aromatic N) is 1. The van der Waals surface area contributed by atoms with E-state index < -0.39 is 6.04 Å². The third-order valence-corrected chi connectivity index (χ3v) is 5.51. The first-order chi connectivity index (χ1) is 15.8. The second-order valence-corrected chi connectivity index (χ2v) is 8.35. The minimum Gasteiger partial charge on any atom is -0.354 e. The second kappa shape index (κ2) is 11.5. The molecule has 0 spiro atoms. The van der Waals surface area contributed by atoms with Crippen LogP contribution in [0.15, 0.2) is 48.5 Å². The van der Waals surface area contributed by atoms with Gasteiger partial charge in [0.2, 0.25) is 17.7 Å². The van der Waals surface area contributed by atoms with Crippen LogP contribution in [0.5, 0.6) is 0 Å². The molecular formula is C24H27ClN4O4. The molecule has 3 N–H and O–H groups in total. The number of hydrogen-bond acceptors (Lipinski definition) is 4. The molecular weight excluding hydrogens is 444 g/mol. The Hall–Kier alpha value is -3.39. The van der Waals surface area contributed by atoms with E-state index in [1.54, 1.807) is 53.4 Å². The summed E-state index contributed by atoms with van der Waals surface area (Å²) < 4.78 is 0. The largest absolute Gasteiger partial charge is 0.354 e. The molecule has 8 nitrogen and oxygen atoms in total. The minimum absolute atomic E-state index is 0.0327. The number of rotatable bonds is 8. The summed E-state index contributed by atoms with van der Waals surface area (Å²) in [6.07, 6.45) is 2.36. The summed E-state index contributed by atoms with van der Waals surface area (Å²) in [4.78, 5) is 50.4. The predicted molar refractivity (Wildman–Crippen MR) is 127 cm³/mol. The van der Waals surface area contributed by atoms with Gasteiger partial charge in [-0.25, -0.2) is 0 Å². The summed E-state index contributed by atoms with van der Waals surface area (Å²) in [5.74, 6) is -0.864. The van der Waals surface area contributed by atoms with E-state index in [9.17, 15) is 19.2 Å². The SMILES string of the molecule is CC(=O)NCC(CC(=O)Nc1ccc(Cl)cc1)NC(=O)c1ccc(N2CCCCC2=O)cc1. The van der Waals surface area contributed by atoms with Crippen molar-refractivity contribution in [3.05, 3.63) is 59.1 Å². The fourth-order valence-electron chi connectivity index (χ4n) is 3.55. The van der Waals surface area contributed by atoms with Gasteiger partial charge < -0.3 is 20.9 Å². The zero-order valence-electron chi connectivity index (χ0n) is 18.4. The van der Waals surface area contributed by atoms with Gasteiger partial charge in [-0.3, -0.25) is 19.2 Å². The third-order valence-electron chi connectivity index (χ3n) is 5.26. The van der Waals surface area contributed by atoms with E-state index in [1.807, 2.05) is 0 Å². The Kier molecular flexibility index (Phi) is 8.43. The standard InChI is InChI=1S/C24H27ClN4O4/c1-16(30)26-15-20(14-22(31)27-19-9-7-18(25)8-10-19)28-24(33)17-5-11-21(12-6-17)29-13-3-2-4-23(29)32/h5-12,20H,2-4,13-15H2,1H3,(H,26,30)(H,27,31)(H,28,33). The van der Waals surface area contributed by atoms with E-state index in [4.69, 9.17) is 11.6 Å². The molecule has 174 valence electrons. The monoisotopic (exact) mass is 470 g/mol. The number of anilines is 2. The number of hydrogen-bond donors (Lipinski definition) is 3. The van der Waals surface area contributed by atoms with Crippen molar-refractivity contribution in [3.63, 3.8) is 0 Å². The lowest BCUT2D eigenvalue weighted by molar-refractivity contribution is -0.120.